The molecule has 2 heterocycles. The Kier molecular flexibility index (Phi) is 5.61. The van der Waals surface area contributed by atoms with Crippen LogP contribution < -0.4 is 5.32 Å². The number of aromatic nitrogens is 2. The van der Waals surface area contributed by atoms with Gasteiger partial charge in [0.25, 0.3) is 0 Å². The first kappa shape index (κ1) is 16.7. The first-order valence-corrected chi connectivity index (χ1v) is 8.38. The minimum atomic E-state index is 0.0102. The molecule has 1 aromatic heterocycles. The van der Waals surface area contributed by atoms with Gasteiger partial charge in [0.1, 0.15) is 0 Å². The van der Waals surface area contributed by atoms with Gasteiger partial charge in [0.15, 0.2) is 0 Å². The predicted octanol–water partition coefficient (Wildman–Crippen LogP) is 1.60. The first-order valence-electron chi connectivity index (χ1n) is 8.38. The van der Waals surface area contributed by atoms with Crippen molar-refractivity contribution in [3.63, 3.8) is 0 Å². The standard InChI is InChI=1S/C18H24N4O2/c1-15(23)19-8-7-18-14-21(9-10-24-18)12-16-11-20-22(13-16)17-5-3-2-4-6-17/h2-6,11,13,18H,7-10,12,14H2,1H3,(H,19,23). The van der Waals surface area contributed by atoms with E-state index in [0.29, 0.717) is 6.54 Å². The number of nitrogens with zero attached hydrogens (tertiary/aromatic N) is 3. The average molecular weight is 328 g/mol. The van der Waals surface area contributed by atoms with Crippen LogP contribution in [-0.4, -0.2) is 52.9 Å². The van der Waals surface area contributed by atoms with Gasteiger partial charge in [-0.2, -0.15) is 5.10 Å². The van der Waals surface area contributed by atoms with Crippen LogP contribution in [0, 0.1) is 0 Å². The number of hydrogen-bond donors (Lipinski definition) is 1. The normalized spacial score (nSPS) is 18.5. The zero-order valence-corrected chi connectivity index (χ0v) is 14.0. The van der Waals surface area contributed by atoms with Gasteiger partial charge in [-0.05, 0) is 18.6 Å². The summed E-state index contributed by atoms with van der Waals surface area (Å²) in [7, 11) is 0. The van der Waals surface area contributed by atoms with Gasteiger partial charge in [-0.1, -0.05) is 18.2 Å². The molecule has 2 aromatic rings. The molecule has 3 rings (SSSR count). The molecule has 1 aliphatic heterocycles. The highest BCUT2D eigenvalue weighted by Gasteiger charge is 2.20. The highest BCUT2D eigenvalue weighted by atomic mass is 16.5. The minimum Gasteiger partial charge on any atom is -0.375 e. The lowest BCUT2D eigenvalue weighted by molar-refractivity contribution is -0.119. The van der Waals surface area contributed by atoms with Crippen LogP contribution in [0.3, 0.4) is 0 Å². The van der Waals surface area contributed by atoms with Crippen molar-refractivity contribution in [2.75, 3.05) is 26.2 Å². The smallest absolute Gasteiger partial charge is 0.216 e. The molecular formula is C18H24N4O2. The average Bonchev–Trinajstić information content (AvgIpc) is 3.04. The second-order valence-corrected chi connectivity index (χ2v) is 6.13. The predicted molar refractivity (Wildman–Crippen MR) is 91.9 cm³/mol. The Balaban J connectivity index is 1.52. The van der Waals surface area contributed by atoms with E-state index >= 15 is 0 Å². The van der Waals surface area contributed by atoms with Gasteiger partial charge in [0, 0.05) is 44.9 Å². The van der Waals surface area contributed by atoms with Gasteiger partial charge in [0.2, 0.25) is 5.91 Å². The fraction of sp³-hybridized carbons (Fsp3) is 0.444. The van der Waals surface area contributed by atoms with Gasteiger partial charge in [-0.25, -0.2) is 4.68 Å². The molecule has 1 fully saturated rings. The summed E-state index contributed by atoms with van der Waals surface area (Å²) >= 11 is 0. The number of carbonyl (C=O) groups is 1. The van der Waals surface area contributed by atoms with Crippen LogP contribution >= 0.6 is 0 Å². The number of morpholine rings is 1. The summed E-state index contributed by atoms with van der Waals surface area (Å²) < 4.78 is 7.70. The molecule has 0 spiro atoms. The molecule has 1 aromatic carbocycles. The third kappa shape index (κ3) is 4.66. The van der Waals surface area contributed by atoms with E-state index in [4.69, 9.17) is 4.74 Å². The SMILES string of the molecule is CC(=O)NCCC1CN(Cc2cnn(-c3ccccc3)c2)CCO1. The minimum absolute atomic E-state index is 0.0102. The second kappa shape index (κ2) is 8.08. The van der Waals surface area contributed by atoms with E-state index in [1.54, 1.807) is 6.92 Å². The molecule has 1 saturated heterocycles. The third-order valence-corrected chi connectivity index (χ3v) is 4.13. The lowest BCUT2D eigenvalue weighted by atomic mass is 10.2. The van der Waals surface area contributed by atoms with Gasteiger partial charge in [-0.3, -0.25) is 9.69 Å². The molecule has 6 nitrogen and oxygen atoms in total. The quantitative estimate of drug-likeness (QED) is 0.875. The Hall–Kier alpha value is -2.18. The van der Waals surface area contributed by atoms with E-state index in [1.807, 2.05) is 41.2 Å². The van der Waals surface area contributed by atoms with Crippen molar-refractivity contribution in [3.05, 3.63) is 48.3 Å². The van der Waals surface area contributed by atoms with Crippen LogP contribution in [0.4, 0.5) is 0 Å². The molecule has 1 aliphatic rings. The summed E-state index contributed by atoms with van der Waals surface area (Å²) in [5.74, 6) is 0.0102. The molecule has 128 valence electrons. The molecule has 0 bridgehead atoms. The van der Waals surface area contributed by atoms with Gasteiger partial charge < -0.3 is 10.1 Å². The Bertz CT molecular complexity index is 656. The summed E-state index contributed by atoms with van der Waals surface area (Å²) in [6.45, 7) is 5.62. The number of carbonyl (C=O) groups excluding carboxylic acids is 1. The van der Waals surface area contributed by atoms with Crippen molar-refractivity contribution < 1.29 is 9.53 Å². The fourth-order valence-electron chi connectivity index (χ4n) is 2.93. The molecule has 0 saturated carbocycles. The molecule has 24 heavy (non-hydrogen) atoms. The van der Waals surface area contributed by atoms with Crippen LogP contribution in [0.15, 0.2) is 42.7 Å². The molecule has 1 atom stereocenters. The molecule has 1 amide bonds. The molecule has 1 N–H and O–H groups in total. The number of para-hydroxylation sites is 1. The Morgan fingerprint density at radius 1 is 1.38 bits per heavy atom. The Morgan fingerprint density at radius 2 is 2.21 bits per heavy atom. The number of ether oxygens (including phenoxy) is 1. The van der Waals surface area contributed by atoms with Crippen molar-refractivity contribution in [1.29, 1.82) is 0 Å². The summed E-state index contributed by atoms with van der Waals surface area (Å²) in [5, 5.41) is 7.28. The number of hydrogen-bond acceptors (Lipinski definition) is 4. The van der Waals surface area contributed by atoms with Crippen molar-refractivity contribution >= 4 is 5.91 Å². The largest absolute Gasteiger partial charge is 0.375 e. The van der Waals surface area contributed by atoms with E-state index in [1.165, 1.54) is 5.56 Å². The zero-order chi connectivity index (χ0) is 16.8. The maximum absolute atomic E-state index is 10.9. The second-order valence-electron chi connectivity index (χ2n) is 6.13. The number of benzene rings is 1. The Labute approximate surface area is 142 Å². The van der Waals surface area contributed by atoms with Crippen LogP contribution in [0.1, 0.15) is 18.9 Å². The lowest BCUT2D eigenvalue weighted by Crippen LogP contribution is -2.43. The van der Waals surface area contributed by atoms with Crippen molar-refractivity contribution in [2.45, 2.75) is 26.0 Å². The maximum Gasteiger partial charge on any atom is 0.216 e. The summed E-state index contributed by atoms with van der Waals surface area (Å²) in [6.07, 6.45) is 5.03. The van der Waals surface area contributed by atoms with E-state index in [2.05, 4.69) is 21.5 Å². The van der Waals surface area contributed by atoms with Crippen LogP contribution in [0.5, 0.6) is 0 Å². The third-order valence-electron chi connectivity index (χ3n) is 4.13. The number of nitrogens with one attached hydrogen (secondary N) is 1. The van der Waals surface area contributed by atoms with Crippen LogP contribution in [0.2, 0.25) is 0 Å². The van der Waals surface area contributed by atoms with Gasteiger partial charge in [-0.15, -0.1) is 0 Å². The van der Waals surface area contributed by atoms with Crippen molar-refractivity contribution in [2.24, 2.45) is 0 Å². The van der Waals surface area contributed by atoms with E-state index in [0.717, 1.165) is 38.3 Å². The molecular weight excluding hydrogens is 304 g/mol. The van der Waals surface area contributed by atoms with Crippen molar-refractivity contribution in [3.8, 4) is 5.69 Å². The molecule has 0 aliphatic carbocycles. The van der Waals surface area contributed by atoms with Crippen molar-refractivity contribution in [1.82, 2.24) is 20.0 Å². The summed E-state index contributed by atoms with van der Waals surface area (Å²) in [5.41, 5.74) is 2.26. The van der Waals surface area contributed by atoms with Crippen LogP contribution in [0.25, 0.3) is 5.69 Å². The molecule has 1 unspecified atom stereocenters. The van der Waals surface area contributed by atoms with Crippen LogP contribution in [-0.2, 0) is 16.1 Å². The van der Waals surface area contributed by atoms with Gasteiger partial charge in [0.05, 0.1) is 24.6 Å². The zero-order valence-electron chi connectivity index (χ0n) is 14.0. The first-order chi connectivity index (χ1) is 11.7. The highest BCUT2D eigenvalue weighted by molar-refractivity contribution is 5.72. The monoisotopic (exact) mass is 328 g/mol. The highest BCUT2D eigenvalue weighted by Crippen LogP contribution is 2.13. The fourth-order valence-corrected chi connectivity index (χ4v) is 2.93. The number of amides is 1. The van der Waals surface area contributed by atoms with E-state index < -0.39 is 0 Å². The number of rotatable bonds is 6. The van der Waals surface area contributed by atoms with Gasteiger partial charge >= 0.3 is 0 Å². The topological polar surface area (TPSA) is 59.4 Å². The summed E-state index contributed by atoms with van der Waals surface area (Å²) in [4.78, 5) is 13.3. The molecule has 6 heteroatoms. The maximum atomic E-state index is 10.9. The Morgan fingerprint density at radius 3 is 3.00 bits per heavy atom. The van der Waals surface area contributed by atoms with E-state index in [-0.39, 0.29) is 12.0 Å². The molecule has 0 radical (unpaired) electrons. The van der Waals surface area contributed by atoms with E-state index in [9.17, 15) is 4.79 Å². The summed E-state index contributed by atoms with van der Waals surface area (Å²) in [6, 6.07) is 10.1. The lowest BCUT2D eigenvalue weighted by Gasteiger charge is -2.32.